The Balaban J connectivity index is 2.21. The predicted molar refractivity (Wildman–Crippen MR) is 82.3 cm³/mol. The maximum absolute atomic E-state index is 6.09. The van der Waals surface area contributed by atoms with E-state index in [1.807, 2.05) is 0 Å². The third-order valence-corrected chi connectivity index (χ3v) is 3.72. The quantitative estimate of drug-likeness (QED) is 0.869. The molecule has 3 nitrogen and oxygen atoms in total. The molecule has 1 unspecified atom stereocenters. The van der Waals surface area contributed by atoms with Crippen LogP contribution in [-0.2, 0) is 0 Å². The van der Waals surface area contributed by atoms with Crippen LogP contribution in [0, 0.1) is 12.8 Å². The molecule has 0 aliphatic carbocycles. The largest absolute Gasteiger partial charge is 0.369 e. The minimum Gasteiger partial charge on any atom is -0.369 e. The fourth-order valence-electron chi connectivity index (χ4n) is 2.64. The zero-order valence-corrected chi connectivity index (χ0v) is 12.5. The smallest absolute Gasteiger partial charge is 0.201 e. The summed E-state index contributed by atoms with van der Waals surface area (Å²) >= 11 is 0. The number of rotatable bonds is 5. The van der Waals surface area contributed by atoms with E-state index < -0.39 is 0 Å². The highest BCUT2D eigenvalue weighted by atomic mass is 15.2. The Bertz CT molecular complexity index is 554. The van der Waals surface area contributed by atoms with Crippen LogP contribution in [-0.4, -0.2) is 9.55 Å². The first-order valence-electron chi connectivity index (χ1n) is 7.23. The zero-order valence-electron chi connectivity index (χ0n) is 12.5. The first-order chi connectivity index (χ1) is 8.99. The van der Waals surface area contributed by atoms with Crippen LogP contribution in [0.3, 0.4) is 0 Å². The Morgan fingerprint density at radius 3 is 2.63 bits per heavy atom. The average Bonchev–Trinajstić information content (AvgIpc) is 2.63. The summed E-state index contributed by atoms with van der Waals surface area (Å²) in [7, 11) is 0. The van der Waals surface area contributed by atoms with Crippen LogP contribution in [0.25, 0.3) is 11.0 Å². The van der Waals surface area contributed by atoms with Gasteiger partial charge in [0.1, 0.15) is 0 Å². The molecule has 0 spiro atoms. The van der Waals surface area contributed by atoms with Gasteiger partial charge in [0.05, 0.1) is 11.0 Å². The maximum Gasteiger partial charge on any atom is 0.201 e. The van der Waals surface area contributed by atoms with E-state index in [1.54, 1.807) is 0 Å². The lowest BCUT2D eigenvalue weighted by atomic mass is 10.0. The van der Waals surface area contributed by atoms with Crippen LogP contribution >= 0.6 is 0 Å². The molecule has 0 aliphatic rings. The van der Waals surface area contributed by atoms with Crippen molar-refractivity contribution in [2.24, 2.45) is 5.92 Å². The molecule has 0 fully saturated rings. The molecule has 104 valence electrons. The summed E-state index contributed by atoms with van der Waals surface area (Å²) in [6, 6.07) is 6.77. The van der Waals surface area contributed by atoms with Crippen LogP contribution in [0.1, 0.15) is 51.6 Å². The molecule has 2 rings (SSSR count). The molecule has 0 radical (unpaired) electrons. The molecule has 2 N–H and O–H groups in total. The lowest BCUT2D eigenvalue weighted by Crippen LogP contribution is -2.09. The van der Waals surface area contributed by atoms with E-state index in [2.05, 4.69) is 55.4 Å². The number of aryl methyl sites for hydroxylation is 1. The number of nitrogen functional groups attached to an aromatic ring is 1. The van der Waals surface area contributed by atoms with Crippen LogP contribution < -0.4 is 5.73 Å². The van der Waals surface area contributed by atoms with Crippen LogP contribution in [0.4, 0.5) is 5.95 Å². The van der Waals surface area contributed by atoms with Gasteiger partial charge in [-0.1, -0.05) is 32.8 Å². The first kappa shape index (κ1) is 13.9. The van der Waals surface area contributed by atoms with E-state index >= 15 is 0 Å². The lowest BCUT2D eigenvalue weighted by Gasteiger charge is -2.16. The molecule has 0 amide bonds. The van der Waals surface area contributed by atoms with E-state index in [9.17, 15) is 0 Å². The van der Waals surface area contributed by atoms with Crippen molar-refractivity contribution >= 4 is 17.0 Å². The number of aromatic nitrogens is 2. The van der Waals surface area contributed by atoms with Crippen molar-refractivity contribution in [3.05, 3.63) is 23.8 Å². The van der Waals surface area contributed by atoms with Crippen molar-refractivity contribution in [3.8, 4) is 0 Å². The molecule has 1 aromatic heterocycles. The van der Waals surface area contributed by atoms with Gasteiger partial charge in [-0.15, -0.1) is 0 Å². The Kier molecular flexibility index (Phi) is 4.13. The Morgan fingerprint density at radius 2 is 1.95 bits per heavy atom. The number of hydrogen-bond donors (Lipinski definition) is 1. The zero-order chi connectivity index (χ0) is 14.0. The highest BCUT2D eigenvalue weighted by molar-refractivity contribution is 5.79. The summed E-state index contributed by atoms with van der Waals surface area (Å²) in [5.74, 6) is 1.41. The van der Waals surface area contributed by atoms with Crippen molar-refractivity contribution in [1.82, 2.24) is 9.55 Å². The number of benzene rings is 1. The van der Waals surface area contributed by atoms with Gasteiger partial charge in [-0.05, 0) is 43.9 Å². The first-order valence-corrected chi connectivity index (χ1v) is 7.23. The molecule has 0 saturated heterocycles. The molecular weight excluding hydrogens is 234 g/mol. The number of hydrogen-bond acceptors (Lipinski definition) is 2. The summed E-state index contributed by atoms with van der Waals surface area (Å²) in [5.41, 5.74) is 9.47. The van der Waals surface area contributed by atoms with Crippen molar-refractivity contribution < 1.29 is 0 Å². The van der Waals surface area contributed by atoms with Gasteiger partial charge in [0.25, 0.3) is 0 Å². The topological polar surface area (TPSA) is 43.8 Å². The monoisotopic (exact) mass is 259 g/mol. The second kappa shape index (κ2) is 5.64. The van der Waals surface area contributed by atoms with Crippen molar-refractivity contribution in [2.45, 2.75) is 53.0 Å². The lowest BCUT2D eigenvalue weighted by molar-refractivity contribution is 0.457. The van der Waals surface area contributed by atoms with Crippen LogP contribution in [0.5, 0.6) is 0 Å². The fraction of sp³-hybridized carbons (Fsp3) is 0.562. The van der Waals surface area contributed by atoms with Gasteiger partial charge in [-0.25, -0.2) is 4.98 Å². The van der Waals surface area contributed by atoms with Gasteiger partial charge < -0.3 is 10.3 Å². The van der Waals surface area contributed by atoms with Gasteiger partial charge in [-0.2, -0.15) is 0 Å². The van der Waals surface area contributed by atoms with Gasteiger partial charge in [0, 0.05) is 6.04 Å². The van der Waals surface area contributed by atoms with Crippen LogP contribution in [0.15, 0.2) is 18.2 Å². The molecule has 19 heavy (non-hydrogen) atoms. The average molecular weight is 259 g/mol. The Labute approximate surface area is 115 Å². The van der Waals surface area contributed by atoms with Gasteiger partial charge in [0.2, 0.25) is 5.95 Å². The second-order valence-electron chi connectivity index (χ2n) is 6.01. The molecule has 3 heteroatoms. The molecule has 0 saturated carbocycles. The fourth-order valence-corrected chi connectivity index (χ4v) is 2.64. The minimum absolute atomic E-state index is 0.409. The summed E-state index contributed by atoms with van der Waals surface area (Å²) in [5, 5.41) is 0. The van der Waals surface area contributed by atoms with E-state index in [1.165, 1.54) is 18.4 Å². The molecule has 0 bridgehead atoms. The molecule has 1 atom stereocenters. The van der Waals surface area contributed by atoms with Gasteiger partial charge >= 0.3 is 0 Å². The molecule has 0 aliphatic heterocycles. The Hall–Kier alpha value is -1.51. The number of nitrogens with two attached hydrogens (primary N) is 1. The number of fused-ring (bicyclic) bond motifs is 1. The molecule has 2 aromatic rings. The standard InChI is InChI=1S/C16H25N3/c1-11(2)6-5-7-13(4)19-15-9-8-12(3)10-14(15)18-16(19)17/h8-11,13H,5-7H2,1-4H3,(H2,17,18). The Morgan fingerprint density at radius 1 is 1.21 bits per heavy atom. The summed E-state index contributed by atoms with van der Waals surface area (Å²) in [6.45, 7) is 8.86. The molecule has 1 aromatic carbocycles. The van der Waals surface area contributed by atoms with Crippen molar-refractivity contribution in [1.29, 1.82) is 0 Å². The summed E-state index contributed by atoms with van der Waals surface area (Å²) in [4.78, 5) is 4.48. The minimum atomic E-state index is 0.409. The van der Waals surface area contributed by atoms with Crippen LogP contribution in [0.2, 0.25) is 0 Å². The van der Waals surface area contributed by atoms with Crippen molar-refractivity contribution in [3.63, 3.8) is 0 Å². The highest BCUT2D eigenvalue weighted by Crippen LogP contribution is 2.26. The van der Waals surface area contributed by atoms with Gasteiger partial charge in [-0.3, -0.25) is 0 Å². The normalized spacial score (nSPS) is 13.3. The highest BCUT2D eigenvalue weighted by Gasteiger charge is 2.13. The molecule has 1 heterocycles. The number of anilines is 1. The second-order valence-corrected chi connectivity index (χ2v) is 6.01. The molecular formula is C16H25N3. The van der Waals surface area contributed by atoms with Crippen molar-refractivity contribution in [2.75, 3.05) is 5.73 Å². The van der Waals surface area contributed by atoms with E-state index in [-0.39, 0.29) is 0 Å². The summed E-state index contributed by atoms with van der Waals surface area (Å²) < 4.78 is 2.18. The summed E-state index contributed by atoms with van der Waals surface area (Å²) in [6.07, 6.45) is 3.67. The third kappa shape index (κ3) is 3.09. The maximum atomic E-state index is 6.09. The predicted octanol–water partition coefficient (Wildman–Crippen LogP) is 4.31. The van der Waals surface area contributed by atoms with E-state index in [0.717, 1.165) is 23.4 Å². The number of nitrogens with zero attached hydrogens (tertiary/aromatic N) is 2. The van der Waals surface area contributed by atoms with Gasteiger partial charge in [0.15, 0.2) is 0 Å². The third-order valence-electron chi connectivity index (χ3n) is 3.72. The number of imidazole rings is 1. The SMILES string of the molecule is Cc1ccc2c(c1)nc(N)n2C(C)CCCC(C)C. The van der Waals surface area contributed by atoms with E-state index in [0.29, 0.717) is 12.0 Å². The van der Waals surface area contributed by atoms with E-state index in [4.69, 9.17) is 5.73 Å².